The second kappa shape index (κ2) is 3.12. The molecule has 1 aromatic carbocycles. The van der Waals surface area contributed by atoms with E-state index in [-0.39, 0.29) is 18.6 Å². The summed E-state index contributed by atoms with van der Waals surface area (Å²) < 4.78 is 32.0. The third-order valence-electron chi connectivity index (χ3n) is 2.34. The fourth-order valence-corrected chi connectivity index (χ4v) is 1.52. The largest absolute Gasteiger partial charge is 0.493 e. The van der Waals surface area contributed by atoms with E-state index in [4.69, 9.17) is 4.74 Å². The van der Waals surface area contributed by atoms with Gasteiger partial charge in [0, 0.05) is 12.7 Å². The van der Waals surface area contributed by atoms with Crippen molar-refractivity contribution in [3.63, 3.8) is 0 Å². The highest BCUT2D eigenvalue weighted by Crippen LogP contribution is 2.42. The Kier molecular flexibility index (Phi) is 2.06. The number of rotatable bonds is 1. The molecule has 0 fully saturated rings. The summed E-state index contributed by atoms with van der Waals surface area (Å²) in [5.74, 6) is -2.47. The first kappa shape index (κ1) is 9.24. The average molecular weight is 199 g/mol. The van der Waals surface area contributed by atoms with Crippen molar-refractivity contribution in [2.75, 3.05) is 19.0 Å². The highest BCUT2D eigenvalue weighted by Gasteiger charge is 2.38. The van der Waals surface area contributed by atoms with Gasteiger partial charge in [0.25, 0.3) is 5.92 Å². The second-order valence-electron chi connectivity index (χ2n) is 3.26. The minimum atomic E-state index is -2.76. The average Bonchev–Trinajstić information content (AvgIpc) is 2.17. The highest BCUT2D eigenvalue weighted by molar-refractivity contribution is 5.52. The van der Waals surface area contributed by atoms with Crippen LogP contribution >= 0.6 is 0 Å². The van der Waals surface area contributed by atoms with Crippen LogP contribution in [0.3, 0.4) is 0 Å². The Hall–Kier alpha value is -1.32. The molecule has 0 amide bonds. The van der Waals surface area contributed by atoms with Gasteiger partial charge in [0.1, 0.15) is 5.75 Å². The van der Waals surface area contributed by atoms with Gasteiger partial charge in [-0.3, -0.25) is 0 Å². The molecule has 14 heavy (non-hydrogen) atoms. The quantitative estimate of drug-likeness (QED) is 0.750. The maximum absolute atomic E-state index is 13.4. The van der Waals surface area contributed by atoms with Crippen LogP contribution < -0.4 is 10.1 Å². The van der Waals surface area contributed by atoms with Gasteiger partial charge >= 0.3 is 0 Å². The van der Waals surface area contributed by atoms with Crippen LogP contribution in [0.1, 0.15) is 12.0 Å². The molecule has 76 valence electrons. The zero-order valence-electron chi connectivity index (χ0n) is 7.81. The zero-order chi connectivity index (χ0) is 10.2. The predicted molar refractivity (Wildman–Crippen MR) is 50.0 cm³/mol. The summed E-state index contributed by atoms with van der Waals surface area (Å²) in [7, 11) is 1.70. The molecular formula is C10H11F2NO. The Morgan fingerprint density at radius 2 is 2.21 bits per heavy atom. The molecule has 0 unspecified atom stereocenters. The van der Waals surface area contributed by atoms with E-state index in [1.54, 1.807) is 19.2 Å². The van der Waals surface area contributed by atoms with Crippen molar-refractivity contribution in [2.24, 2.45) is 0 Å². The lowest BCUT2D eigenvalue weighted by molar-refractivity contribution is -0.0404. The van der Waals surface area contributed by atoms with Crippen molar-refractivity contribution in [1.82, 2.24) is 0 Å². The number of hydrogen-bond donors (Lipinski definition) is 1. The number of nitrogens with one attached hydrogen (secondary N) is 1. The van der Waals surface area contributed by atoms with E-state index in [9.17, 15) is 8.78 Å². The molecule has 2 rings (SSSR count). The minimum absolute atomic E-state index is 0.0180. The zero-order valence-corrected chi connectivity index (χ0v) is 7.81. The van der Waals surface area contributed by atoms with Crippen LogP contribution in [0.4, 0.5) is 14.5 Å². The van der Waals surface area contributed by atoms with Gasteiger partial charge in [0.15, 0.2) is 0 Å². The molecule has 2 nitrogen and oxygen atoms in total. The summed E-state index contributed by atoms with van der Waals surface area (Å²) in [5.41, 5.74) is 0.657. The molecular weight excluding hydrogens is 188 g/mol. The minimum Gasteiger partial charge on any atom is -0.493 e. The molecule has 0 saturated heterocycles. The normalized spacial score (nSPS) is 18.2. The van der Waals surface area contributed by atoms with Gasteiger partial charge < -0.3 is 10.1 Å². The first-order valence-electron chi connectivity index (χ1n) is 4.46. The van der Waals surface area contributed by atoms with Crippen molar-refractivity contribution in [3.05, 3.63) is 23.8 Å². The standard InChI is InChI=1S/C10H11F2NO/c1-13-7-2-3-9-8(6-7)10(11,12)4-5-14-9/h2-3,6,13H,4-5H2,1H3. The summed E-state index contributed by atoms with van der Waals surface area (Å²) in [5, 5.41) is 2.83. The maximum atomic E-state index is 13.4. The van der Waals surface area contributed by atoms with Crippen molar-refractivity contribution >= 4 is 5.69 Å². The number of anilines is 1. The Morgan fingerprint density at radius 1 is 1.43 bits per heavy atom. The summed E-state index contributed by atoms with van der Waals surface area (Å²) >= 11 is 0. The smallest absolute Gasteiger partial charge is 0.280 e. The summed E-state index contributed by atoms with van der Waals surface area (Å²) in [6, 6.07) is 4.74. The predicted octanol–water partition coefficient (Wildman–Crippen LogP) is 2.60. The van der Waals surface area contributed by atoms with Crippen LogP contribution in [-0.2, 0) is 5.92 Å². The molecule has 0 saturated carbocycles. The van der Waals surface area contributed by atoms with Gasteiger partial charge in [0.2, 0.25) is 0 Å². The number of ether oxygens (including phenoxy) is 1. The van der Waals surface area contributed by atoms with Crippen LogP contribution in [0, 0.1) is 0 Å². The van der Waals surface area contributed by atoms with Gasteiger partial charge in [-0.05, 0) is 18.2 Å². The van der Waals surface area contributed by atoms with Gasteiger partial charge in [-0.25, -0.2) is 8.78 Å². The lowest BCUT2D eigenvalue weighted by Gasteiger charge is -2.25. The molecule has 0 spiro atoms. The molecule has 1 N–H and O–H groups in total. The van der Waals surface area contributed by atoms with Crippen LogP contribution in [0.2, 0.25) is 0 Å². The first-order valence-corrected chi connectivity index (χ1v) is 4.46. The highest BCUT2D eigenvalue weighted by atomic mass is 19.3. The Bertz CT molecular complexity index is 352. The lowest BCUT2D eigenvalue weighted by atomic mass is 10.0. The summed E-state index contributed by atoms with van der Waals surface area (Å²) in [4.78, 5) is 0. The maximum Gasteiger partial charge on any atom is 0.280 e. The van der Waals surface area contributed by atoms with Gasteiger partial charge in [0.05, 0.1) is 18.6 Å². The third kappa shape index (κ3) is 1.41. The number of alkyl halides is 2. The molecule has 1 heterocycles. The Labute approximate surface area is 80.9 Å². The van der Waals surface area contributed by atoms with Crippen LogP contribution in [0.5, 0.6) is 5.75 Å². The SMILES string of the molecule is CNc1ccc2c(c1)C(F)(F)CCO2. The molecule has 0 aliphatic carbocycles. The van der Waals surface area contributed by atoms with Gasteiger partial charge in [-0.2, -0.15) is 0 Å². The molecule has 1 aliphatic heterocycles. The Morgan fingerprint density at radius 3 is 2.93 bits per heavy atom. The van der Waals surface area contributed by atoms with E-state index >= 15 is 0 Å². The van der Waals surface area contributed by atoms with Crippen LogP contribution in [0.15, 0.2) is 18.2 Å². The van der Waals surface area contributed by atoms with Crippen molar-refractivity contribution in [2.45, 2.75) is 12.3 Å². The number of fused-ring (bicyclic) bond motifs is 1. The molecule has 0 radical (unpaired) electrons. The van der Waals surface area contributed by atoms with E-state index < -0.39 is 5.92 Å². The van der Waals surface area contributed by atoms with Crippen molar-refractivity contribution < 1.29 is 13.5 Å². The first-order chi connectivity index (χ1) is 6.63. The fourth-order valence-electron chi connectivity index (χ4n) is 1.52. The monoisotopic (exact) mass is 199 g/mol. The van der Waals surface area contributed by atoms with E-state index in [0.717, 1.165) is 0 Å². The van der Waals surface area contributed by atoms with E-state index in [1.807, 2.05) is 0 Å². The van der Waals surface area contributed by atoms with Crippen molar-refractivity contribution in [1.29, 1.82) is 0 Å². The van der Waals surface area contributed by atoms with E-state index in [1.165, 1.54) is 6.07 Å². The molecule has 4 heteroatoms. The Balaban J connectivity index is 2.49. The van der Waals surface area contributed by atoms with E-state index in [2.05, 4.69) is 5.32 Å². The lowest BCUT2D eigenvalue weighted by Crippen LogP contribution is -2.24. The molecule has 1 aliphatic rings. The van der Waals surface area contributed by atoms with Gasteiger partial charge in [-0.1, -0.05) is 0 Å². The topological polar surface area (TPSA) is 21.3 Å². The third-order valence-corrected chi connectivity index (χ3v) is 2.34. The second-order valence-corrected chi connectivity index (χ2v) is 3.26. The van der Waals surface area contributed by atoms with Crippen molar-refractivity contribution in [3.8, 4) is 5.75 Å². The molecule has 0 atom stereocenters. The fraction of sp³-hybridized carbons (Fsp3) is 0.400. The molecule has 0 aromatic heterocycles. The van der Waals surface area contributed by atoms with Crippen LogP contribution in [-0.4, -0.2) is 13.7 Å². The van der Waals surface area contributed by atoms with Gasteiger partial charge in [-0.15, -0.1) is 0 Å². The number of hydrogen-bond acceptors (Lipinski definition) is 2. The summed E-state index contributed by atoms with van der Waals surface area (Å²) in [6.45, 7) is 0.0822. The van der Waals surface area contributed by atoms with E-state index in [0.29, 0.717) is 11.4 Å². The molecule has 0 bridgehead atoms. The molecule has 1 aromatic rings. The summed E-state index contributed by atoms with van der Waals surface area (Å²) in [6.07, 6.45) is -0.243. The van der Waals surface area contributed by atoms with Crippen LogP contribution in [0.25, 0.3) is 0 Å². The number of benzene rings is 1. The number of halogens is 2.